The number of carbonyl (C=O) groups excluding carboxylic acids is 2. The van der Waals surface area contributed by atoms with Crippen LogP contribution >= 0.6 is 0 Å². The number of Topliss-reactive ketones (excluding diaryl/α,β-unsaturated/α-hetero) is 1. The first-order valence-electron chi connectivity index (χ1n) is 6.74. The summed E-state index contributed by atoms with van der Waals surface area (Å²) in [5.74, 6) is -0.627. The quantitative estimate of drug-likeness (QED) is 0.750. The molecule has 110 valence electrons. The van der Waals surface area contributed by atoms with Crippen LogP contribution in [0.1, 0.15) is 45.6 Å². The van der Waals surface area contributed by atoms with Crippen molar-refractivity contribution in [1.29, 1.82) is 0 Å². The van der Waals surface area contributed by atoms with Crippen molar-refractivity contribution in [2.45, 2.75) is 52.1 Å². The fourth-order valence-electron chi connectivity index (χ4n) is 1.69. The Morgan fingerprint density at radius 3 is 2.20 bits per heavy atom. The number of aryl methyl sites for hydroxylation is 1. The van der Waals surface area contributed by atoms with Crippen LogP contribution in [0.15, 0.2) is 24.3 Å². The fourth-order valence-corrected chi connectivity index (χ4v) is 1.69. The molecule has 0 bridgehead atoms. The first-order chi connectivity index (χ1) is 9.26. The molecular weight excluding hydrogens is 259 g/mol. The third-order valence-electron chi connectivity index (χ3n) is 2.63. The van der Waals surface area contributed by atoms with E-state index in [1.54, 1.807) is 32.9 Å². The van der Waals surface area contributed by atoms with Gasteiger partial charge in [-0.15, -0.1) is 0 Å². The molecule has 1 rings (SSSR count). The van der Waals surface area contributed by atoms with Crippen molar-refractivity contribution in [3.63, 3.8) is 0 Å². The number of halogens is 1. The van der Waals surface area contributed by atoms with Gasteiger partial charge < -0.3 is 4.74 Å². The van der Waals surface area contributed by atoms with Gasteiger partial charge in [0.15, 0.2) is 0 Å². The summed E-state index contributed by atoms with van der Waals surface area (Å²) in [5.41, 5.74) is 0.394. The van der Waals surface area contributed by atoms with Crippen LogP contribution in [0.4, 0.5) is 4.39 Å². The van der Waals surface area contributed by atoms with E-state index < -0.39 is 5.60 Å². The molecule has 0 aliphatic heterocycles. The highest BCUT2D eigenvalue weighted by atomic mass is 19.1. The molecule has 0 aliphatic rings. The number of rotatable bonds is 6. The molecule has 0 aliphatic carbocycles. The van der Waals surface area contributed by atoms with Crippen molar-refractivity contribution in [1.82, 2.24) is 0 Å². The topological polar surface area (TPSA) is 43.4 Å². The Hall–Kier alpha value is -1.71. The number of esters is 1. The van der Waals surface area contributed by atoms with Gasteiger partial charge in [-0.2, -0.15) is 0 Å². The predicted octanol–water partition coefficient (Wildman–Crippen LogP) is 3.45. The van der Waals surface area contributed by atoms with Crippen LogP contribution in [0.2, 0.25) is 0 Å². The average Bonchev–Trinajstić information content (AvgIpc) is 2.33. The summed E-state index contributed by atoms with van der Waals surface area (Å²) in [6.07, 6.45) is 1.22. The Balaban J connectivity index is 2.27. The first-order valence-corrected chi connectivity index (χ1v) is 6.74. The van der Waals surface area contributed by atoms with Gasteiger partial charge in [0, 0.05) is 12.8 Å². The summed E-state index contributed by atoms with van der Waals surface area (Å²) in [6, 6.07) is 6.08. The van der Waals surface area contributed by atoms with Crippen LogP contribution in [0.3, 0.4) is 0 Å². The summed E-state index contributed by atoms with van der Waals surface area (Å²) < 4.78 is 17.8. The van der Waals surface area contributed by atoms with Gasteiger partial charge in [0.25, 0.3) is 0 Å². The van der Waals surface area contributed by atoms with Crippen molar-refractivity contribution in [2.24, 2.45) is 0 Å². The highest BCUT2D eigenvalue weighted by Gasteiger charge is 2.16. The van der Waals surface area contributed by atoms with E-state index >= 15 is 0 Å². The maximum Gasteiger partial charge on any atom is 0.306 e. The van der Waals surface area contributed by atoms with Crippen LogP contribution in [0.25, 0.3) is 0 Å². The van der Waals surface area contributed by atoms with Crippen LogP contribution in [-0.2, 0) is 20.7 Å². The van der Waals surface area contributed by atoms with Crippen molar-refractivity contribution in [2.75, 3.05) is 0 Å². The second kappa shape index (κ2) is 7.17. The van der Waals surface area contributed by atoms with Gasteiger partial charge in [0.2, 0.25) is 0 Å². The number of hydrogen-bond donors (Lipinski definition) is 0. The number of benzene rings is 1. The third kappa shape index (κ3) is 7.02. The molecule has 0 atom stereocenters. The molecule has 1 aromatic carbocycles. The monoisotopic (exact) mass is 280 g/mol. The zero-order valence-electron chi connectivity index (χ0n) is 12.2. The molecule has 0 N–H and O–H groups in total. The van der Waals surface area contributed by atoms with Crippen LogP contribution in [0.5, 0.6) is 0 Å². The SMILES string of the molecule is CC(C)(C)OC(=O)CCC(=O)CCc1ccc(F)cc1. The van der Waals surface area contributed by atoms with E-state index in [2.05, 4.69) is 0 Å². The van der Waals surface area contributed by atoms with Gasteiger partial charge in [0.05, 0.1) is 6.42 Å². The van der Waals surface area contributed by atoms with Gasteiger partial charge in [-0.3, -0.25) is 9.59 Å². The summed E-state index contributed by atoms with van der Waals surface area (Å²) in [6.45, 7) is 5.38. The Morgan fingerprint density at radius 1 is 1.05 bits per heavy atom. The van der Waals surface area contributed by atoms with E-state index in [4.69, 9.17) is 4.74 Å². The average molecular weight is 280 g/mol. The van der Waals surface area contributed by atoms with Gasteiger partial charge >= 0.3 is 5.97 Å². The first kappa shape index (κ1) is 16.3. The molecule has 0 amide bonds. The summed E-state index contributed by atoms with van der Waals surface area (Å²) >= 11 is 0. The molecule has 0 radical (unpaired) electrons. The molecule has 0 heterocycles. The molecule has 4 heteroatoms. The van der Waals surface area contributed by atoms with Gasteiger partial charge in [-0.05, 0) is 44.9 Å². The minimum atomic E-state index is -0.520. The molecule has 0 unspecified atom stereocenters. The standard InChI is InChI=1S/C16H21FO3/c1-16(2,3)20-15(19)11-10-14(18)9-6-12-4-7-13(17)8-5-12/h4-5,7-8H,6,9-11H2,1-3H3. The normalized spacial score (nSPS) is 11.2. The second-order valence-corrected chi connectivity index (χ2v) is 5.75. The summed E-state index contributed by atoms with van der Waals surface area (Å²) in [7, 11) is 0. The van der Waals surface area contributed by atoms with E-state index in [9.17, 15) is 14.0 Å². The largest absolute Gasteiger partial charge is 0.460 e. The molecule has 0 fully saturated rings. The van der Waals surface area contributed by atoms with E-state index in [0.29, 0.717) is 12.8 Å². The van der Waals surface area contributed by atoms with Crippen molar-refractivity contribution < 1.29 is 18.7 Å². The number of ketones is 1. The highest BCUT2D eigenvalue weighted by Crippen LogP contribution is 2.11. The lowest BCUT2D eigenvalue weighted by molar-refractivity contribution is -0.155. The molecule has 20 heavy (non-hydrogen) atoms. The Morgan fingerprint density at radius 2 is 1.65 bits per heavy atom. The Labute approximate surface area is 119 Å². The van der Waals surface area contributed by atoms with Crippen molar-refractivity contribution in [3.05, 3.63) is 35.6 Å². The van der Waals surface area contributed by atoms with Gasteiger partial charge in [-0.1, -0.05) is 12.1 Å². The molecular formula is C16H21FO3. The van der Waals surface area contributed by atoms with Gasteiger partial charge in [-0.25, -0.2) is 4.39 Å². The predicted molar refractivity (Wildman–Crippen MR) is 74.8 cm³/mol. The van der Waals surface area contributed by atoms with Crippen LogP contribution in [0, 0.1) is 5.82 Å². The fraction of sp³-hybridized carbons (Fsp3) is 0.500. The highest BCUT2D eigenvalue weighted by molar-refractivity contribution is 5.83. The summed E-state index contributed by atoms with van der Waals surface area (Å²) in [4.78, 5) is 23.1. The zero-order chi connectivity index (χ0) is 15.2. The maximum atomic E-state index is 12.7. The van der Waals surface area contributed by atoms with Crippen molar-refractivity contribution >= 4 is 11.8 Å². The molecule has 1 aromatic rings. The minimum absolute atomic E-state index is 0.0141. The zero-order valence-corrected chi connectivity index (χ0v) is 12.2. The number of carbonyl (C=O) groups is 2. The van der Waals surface area contributed by atoms with Crippen LogP contribution in [-0.4, -0.2) is 17.4 Å². The lowest BCUT2D eigenvalue weighted by Crippen LogP contribution is -2.24. The number of hydrogen-bond acceptors (Lipinski definition) is 3. The Kier molecular flexibility index (Phi) is 5.86. The van der Waals surface area contributed by atoms with E-state index in [1.165, 1.54) is 12.1 Å². The molecule has 0 saturated heterocycles. The van der Waals surface area contributed by atoms with E-state index in [0.717, 1.165) is 5.56 Å². The van der Waals surface area contributed by atoms with E-state index in [-0.39, 0.29) is 30.4 Å². The molecule has 0 saturated carbocycles. The lowest BCUT2D eigenvalue weighted by Gasteiger charge is -2.19. The second-order valence-electron chi connectivity index (χ2n) is 5.75. The smallest absolute Gasteiger partial charge is 0.306 e. The molecule has 0 aromatic heterocycles. The maximum absolute atomic E-state index is 12.7. The van der Waals surface area contributed by atoms with Crippen molar-refractivity contribution in [3.8, 4) is 0 Å². The Bertz CT molecular complexity index is 458. The third-order valence-corrected chi connectivity index (χ3v) is 2.63. The van der Waals surface area contributed by atoms with Gasteiger partial charge in [0.1, 0.15) is 17.2 Å². The minimum Gasteiger partial charge on any atom is -0.460 e. The van der Waals surface area contributed by atoms with E-state index in [1.807, 2.05) is 0 Å². The molecule has 0 spiro atoms. The lowest BCUT2D eigenvalue weighted by atomic mass is 10.1. The van der Waals surface area contributed by atoms with Crippen LogP contribution < -0.4 is 0 Å². The molecule has 3 nitrogen and oxygen atoms in total. The summed E-state index contributed by atoms with van der Waals surface area (Å²) in [5, 5.41) is 0. The number of ether oxygens (including phenoxy) is 1.